The molecule has 0 spiro atoms. The van der Waals surface area contributed by atoms with Gasteiger partial charge in [-0.25, -0.2) is 0 Å². The Kier molecular flexibility index (Phi) is 10.7. The number of hydrogen-bond donors (Lipinski definition) is 0. The highest BCUT2D eigenvalue weighted by Crippen LogP contribution is 2.33. The molecular weight excluding hydrogens is 458 g/mol. The first-order valence-electron chi connectivity index (χ1n) is 13.4. The van der Waals surface area contributed by atoms with Gasteiger partial charge in [0, 0.05) is 17.4 Å². The fourth-order valence-corrected chi connectivity index (χ4v) is 14.5. The minimum Gasteiger partial charge on any atom is -0.328 e. The zero-order chi connectivity index (χ0) is 26.8. The van der Waals surface area contributed by atoms with E-state index in [1.807, 2.05) is 0 Å². The fourth-order valence-electron chi connectivity index (χ4n) is 6.02. The van der Waals surface area contributed by atoms with E-state index in [2.05, 4.69) is 131 Å². The molecule has 0 amide bonds. The van der Waals surface area contributed by atoms with Crippen molar-refractivity contribution in [1.82, 2.24) is 9.48 Å². The molecule has 0 aliphatic rings. The lowest BCUT2D eigenvalue weighted by molar-refractivity contribution is 0.312. The normalized spacial score (nSPS) is 12.5. The van der Waals surface area contributed by atoms with Crippen molar-refractivity contribution >= 4 is 32.7 Å². The zero-order valence-corrected chi connectivity index (χ0v) is 26.9. The molecule has 1 atom stereocenters. The van der Waals surface area contributed by atoms with E-state index >= 15 is 0 Å². The molecule has 0 aliphatic carbocycles. The summed E-state index contributed by atoms with van der Waals surface area (Å²) in [6, 6.07) is 11.6. The lowest BCUT2D eigenvalue weighted by Gasteiger charge is -2.38. The number of nitrogens with zero attached hydrogens (tertiary/aromatic N) is 2. The van der Waals surface area contributed by atoms with E-state index in [0.29, 0.717) is 30.6 Å². The van der Waals surface area contributed by atoms with Crippen LogP contribution >= 0.6 is 7.02 Å². The summed E-state index contributed by atoms with van der Waals surface area (Å²) in [5.41, 5.74) is 10.1. The fraction of sp³-hybridized carbons (Fsp3) is 0.600. The summed E-state index contributed by atoms with van der Waals surface area (Å²) in [6.07, 6.45) is 0.404. The molecule has 0 aromatic heterocycles. The van der Waals surface area contributed by atoms with Crippen molar-refractivity contribution in [1.29, 1.82) is 0 Å². The summed E-state index contributed by atoms with van der Waals surface area (Å²) in [7, 11) is 0.287. The first-order chi connectivity index (χ1) is 16.2. The van der Waals surface area contributed by atoms with Crippen LogP contribution in [0.1, 0.15) is 88.8 Å². The number of aryl methyl sites for hydroxylation is 6. The zero-order valence-electron chi connectivity index (χ0n) is 25.0. The Balaban J connectivity index is 3.09. The highest BCUT2D eigenvalue weighted by Gasteiger charge is 2.32. The van der Waals surface area contributed by atoms with E-state index in [0.717, 1.165) is 8.45 Å². The highest BCUT2D eigenvalue weighted by atomic mass is 31.2. The smallest absolute Gasteiger partial charge is 0.308 e. The van der Waals surface area contributed by atoms with Gasteiger partial charge in [0.2, 0.25) is 0 Å². The molecule has 0 bridgehead atoms. The maximum atomic E-state index is 2.84. The number of hydrogen-bond acceptors (Lipinski definition) is 2. The standard InChI is InChI=1S/C30H50BN2PSi/c1-19(2)32(20(3)4)31(29-25(11)15-23(9)16-26(29)12)35-34(33(21(5)6)22(7)8)30-27(13)17-24(10)18-28(30)14/h15-22H,1-14H3. The molecule has 0 fully saturated rings. The van der Waals surface area contributed by atoms with Gasteiger partial charge in [-0.15, -0.1) is 0 Å². The van der Waals surface area contributed by atoms with Crippen LogP contribution in [0.2, 0.25) is 0 Å². The molecule has 0 radical (unpaired) electrons. The second kappa shape index (κ2) is 12.5. The lowest BCUT2D eigenvalue weighted by atomic mass is 9.70. The molecule has 2 aromatic rings. The van der Waals surface area contributed by atoms with Gasteiger partial charge in [0.05, 0.1) is 0 Å². The summed E-state index contributed by atoms with van der Waals surface area (Å²) in [4.78, 5) is 2.79. The average molecular weight is 509 g/mol. The Morgan fingerprint density at radius 3 is 1.31 bits per heavy atom. The third-order valence-electron chi connectivity index (χ3n) is 6.88. The molecule has 2 rings (SSSR count). The molecule has 192 valence electrons. The first kappa shape index (κ1) is 30.2. The van der Waals surface area contributed by atoms with Crippen molar-refractivity contribution in [2.24, 2.45) is 0 Å². The predicted molar refractivity (Wildman–Crippen MR) is 163 cm³/mol. The predicted octanol–water partition coefficient (Wildman–Crippen LogP) is 6.81. The van der Waals surface area contributed by atoms with Crippen LogP contribution in [0.4, 0.5) is 0 Å². The maximum Gasteiger partial charge on any atom is 0.308 e. The monoisotopic (exact) mass is 508 g/mol. The van der Waals surface area contributed by atoms with E-state index in [4.69, 9.17) is 0 Å². The van der Waals surface area contributed by atoms with Crippen LogP contribution < -0.4 is 10.8 Å². The van der Waals surface area contributed by atoms with Crippen LogP contribution in [-0.2, 0) is 0 Å². The minimum atomic E-state index is -0.510. The van der Waals surface area contributed by atoms with E-state index in [1.165, 1.54) is 33.4 Å². The van der Waals surface area contributed by atoms with Crippen LogP contribution in [0, 0.1) is 41.5 Å². The van der Waals surface area contributed by atoms with Crippen LogP contribution in [0.25, 0.3) is 0 Å². The van der Waals surface area contributed by atoms with Crippen molar-refractivity contribution in [2.45, 2.75) is 121 Å². The summed E-state index contributed by atoms with van der Waals surface area (Å²) in [5.74, 6) is 0. The third kappa shape index (κ3) is 7.04. The molecule has 0 saturated heterocycles. The highest BCUT2D eigenvalue weighted by molar-refractivity contribution is 7.68. The van der Waals surface area contributed by atoms with Crippen LogP contribution in [-0.4, -0.2) is 48.5 Å². The Morgan fingerprint density at radius 2 is 0.971 bits per heavy atom. The van der Waals surface area contributed by atoms with E-state index in [9.17, 15) is 0 Å². The summed E-state index contributed by atoms with van der Waals surface area (Å²) >= 11 is 0. The van der Waals surface area contributed by atoms with E-state index < -0.39 is 7.02 Å². The van der Waals surface area contributed by atoms with Crippen LogP contribution in [0.15, 0.2) is 24.3 Å². The lowest BCUT2D eigenvalue weighted by Crippen LogP contribution is -2.57. The van der Waals surface area contributed by atoms with Crippen molar-refractivity contribution in [3.63, 3.8) is 0 Å². The van der Waals surface area contributed by atoms with Gasteiger partial charge in [0.1, 0.15) is 0 Å². The van der Waals surface area contributed by atoms with Gasteiger partial charge in [-0.3, -0.25) is 4.67 Å². The minimum absolute atomic E-state index is 0.404. The largest absolute Gasteiger partial charge is 0.328 e. The second-order valence-corrected chi connectivity index (χ2v) is 16.0. The molecule has 0 heterocycles. The van der Waals surface area contributed by atoms with E-state index in [1.54, 1.807) is 10.8 Å². The topological polar surface area (TPSA) is 6.48 Å². The third-order valence-corrected chi connectivity index (χ3v) is 13.3. The molecule has 0 saturated carbocycles. The van der Waals surface area contributed by atoms with Gasteiger partial charge in [-0.2, -0.15) is 0 Å². The van der Waals surface area contributed by atoms with Crippen LogP contribution in [0.5, 0.6) is 0 Å². The molecule has 1 unspecified atom stereocenters. The Labute approximate surface area is 220 Å². The summed E-state index contributed by atoms with van der Waals surface area (Å²) in [6.45, 7) is 32.9. The number of benzene rings is 2. The molecule has 35 heavy (non-hydrogen) atoms. The molecular formula is C30H50BN2PSi. The van der Waals surface area contributed by atoms with Crippen LogP contribution in [0.3, 0.4) is 0 Å². The van der Waals surface area contributed by atoms with Gasteiger partial charge < -0.3 is 4.81 Å². The Bertz CT molecular complexity index is 1060. The molecule has 2 nitrogen and oxygen atoms in total. The van der Waals surface area contributed by atoms with Crippen molar-refractivity contribution in [3.8, 4) is 0 Å². The van der Waals surface area contributed by atoms with Crippen molar-refractivity contribution in [2.75, 3.05) is 0 Å². The molecule has 0 aliphatic heterocycles. The first-order valence-corrected chi connectivity index (χ1v) is 16.7. The Morgan fingerprint density at radius 1 is 0.600 bits per heavy atom. The maximum absolute atomic E-state index is 2.84. The number of rotatable bonds is 6. The summed E-state index contributed by atoms with van der Waals surface area (Å²) in [5, 5.41) is 1.60. The molecule has 2 aromatic carbocycles. The average Bonchev–Trinajstić information content (AvgIpc) is 2.64. The Hall–Kier alpha value is -1.06. The van der Waals surface area contributed by atoms with Crippen molar-refractivity contribution in [3.05, 3.63) is 57.6 Å². The van der Waals surface area contributed by atoms with Gasteiger partial charge in [-0.05, 0) is 113 Å². The SMILES string of the molecule is Cc1cc(C)c(B([Si]#P(c2c(C)cc(C)cc2C)N(C(C)C)C(C)C)N(C(C)C)C(C)C)c(C)c1. The quantitative estimate of drug-likeness (QED) is 0.312. The molecule has 5 heteroatoms. The van der Waals surface area contributed by atoms with Crippen molar-refractivity contribution < 1.29 is 0 Å². The summed E-state index contributed by atoms with van der Waals surface area (Å²) < 4.78 is 2.84. The van der Waals surface area contributed by atoms with Gasteiger partial charge in [0.15, 0.2) is 0 Å². The van der Waals surface area contributed by atoms with Gasteiger partial charge in [-0.1, -0.05) is 74.2 Å². The van der Waals surface area contributed by atoms with Gasteiger partial charge in [0.25, 0.3) is 0 Å². The second-order valence-electron chi connectivity index (χ2n) is 11.6. The molecule has 0 N–H and O–H groups in total. The van der Waals surface area contributed by atoms with E-state index in [-0.39, 0.29) is 0 Å². The van der Waals surface area contributed by atoms with Gasteiger partial charge >= 0.3 is 6.44 Å².